The van der Waals surface area contributed by atoms with Crippen LogP contribution in [-0.4, -0.2) is 34.6 Å². The molecule has 3 unspecified atom stereocenters. The number of benzene rings is 1. The highest BCUT2D eigenvalue weighted by molar-refractivity contribution is 6.08. The van der Waals surface area contributed by atoms with E-state index in [1.807, 2.05) is 12.2 Å². The Kier molecular flexibility index (Phi) is 5.39. The molecule has 1 heterocycles. The largest absolute Gasteiger partial charge is 0.350 e. The van der Waals surface area contributed by atoms with Crippen LogP contribution in [0.25, 0.3) is 0 Å². The lowest BCUT2D eigenvalue weighted by molar-refractivity contribution is -0.147. The number of anilines is 1. The summed E-state index contributed by atoms with van der Waals surface area (Å²) in [4.78, 5) is 49.7. The molecule has 0 aromatic heterocycles. The molecule has 2 aliphatic rings. The predicted octanol–water partition coefficient (Wildman–Crippen LogP) is 1.60. The number of carbonyl (C=O) groups is 4. The number of likely N-dealkylation sites (tertiary alicyclic amines) is 1. The van der Waals surface area contributed by atoms with Gasteiger partial charge in [-0.15, -0.1) is 0 Å². The summed E-state index contributed by atoms with van der Waals surface area (Å²) in [7, 11) is 0. The molecule has 7 heteroatoms. The topological polar surface area (TPSA) is 95.6 Å². The molecular weight excluding hydrogens is 346 g/mol. The molecule has 142 valence electrons. The number of allylic oxidation sites excluding steroid dienone is 2. The van der Waals surface area contributed by atoms with Crippen LogP contribution < -0.4 is 10.6 Å². The first-order valence-corrected chi connectivity index (χ1v) is 9.04. The van der Waals surface area contributed by atoms with E-state index in [1.54, 1.807) is 31.2 Å². The zero-order chi connectivity index (χ0) is 19.6. The van der Waals surface area contributed by atoms with Crippen molar-refractivity contribution in [3.05, 3.63) is 42.0 Å². The summed E-state index contributed by atoms with van der Waals surface area (Å²) < 4.78 is 0. The van der Waals surface area contributed by atoms with Crippen LogP contribution in [0.3, 0.4) is 0 Å². The molecule has 0 spiro atoms. The van der Waals surface area contributed by atoms with Crippen LogP contribution in [0, 0.1) is 11.8 Å². The Bertz CT molecular complexity index is 774. The van der Waals surface area contributed by atoms with Crippen molar-refractivity contribution in [3.63, 3.8) is 0 Å². The molecule has 3 atom stereocenters. The normalized spacial score (nSPS) is 22.4. The van der Waals surface area contributed by atoms with Crippen molar-refractivity contribution in [2.24, 2.45) is 11.8 Å². The summed E-state index contributed by atoms with van der Waals surface area (Å²) in [5, 5.41) is 5.44. The molecule has 1 saturated heterocycles. The van der Waals surface area contributed by atoms with Gasteiger partial charge in [0.2, 0.25) is 23.6 Å². The van der Waals surface area contributed by atoms with E-state index in [-0.39, 0.29) is 42.0 Å². The average Bonchev–Trinajstić information content (AvgIpc) is 2.91. The van der Waals surface area contributed by atoms with Gasteiger partial charge in [0.1, 0.15) is 6.04 Å². The molecule has 1 aromatic carbocycles. The third-order valence-corrected chi connectivity index (χ3v) is 5.05. The second-order valence-corrected chi connectivity index (χ2v) is 6.97. The molecule has 1 aromatic rings. The minimum absolute atomic E-state index is 0.152. The Labute approximate surface area is 157 Å². The minimum atomic E-state index is -0.839. The minimum Gasteiger partial charge on any atom is -0.350 e. The summed E-state index contributed by atoms with van der Waals surface area (Å²) in [6.45, 7) is 3.28. The highest BCUT2D eigenvalue weighted by Gasteiger charge is 2.49. The molecule has 1 aliphatic carbocycles. The smallest absolute Gasteiger partial charge is 0.243 e. The molecule has 27 heavy (non-hydrogen) atoms. The van der Waals surface area contributed by atoms with Crippen LogP contribution in [0.15, 0.2) is 36.4 Å². The zero-order valence-corrected chi connectivity index (χ0v) is 15.4. The second-order valence-electron chi connectivity index (χ2n) is 6.97. The number of nitrogens with zero attached hydrogens (tertiary/aromatic N) is 1. The number of fused-ring (bicyclic) bond motifs is 1. The van der Waals surface area contributed by atoms with E-state index >= 15 is 0 Å². The molecule has 3 rings (SSSR count). The number of imide groups is 1. The van der Waals surface area contributed by atoms with Gasteiger partial charge in [-0.25, -0.2) is 0 Å². The van der Waals surface area contributed by atoms with Crippen LogP contribution in [-0.2, 0) is 25.7 Å². The summed E-state index contributed by atoms with van der Waals surface area (Å²) in [6, 6.07) is 6.24. The predicted molar refractivity (Wildman–Crippen MR) is 99.3 cm³/mol. The quantitative estimate of drug-likeness (QED) is 0.609. The van der Waals surface area contributed by atoms with E-state index in [0.29, 0.717) is 18.5 Å². The van der Waals surface area contributed by atoms with E-state index in [0.717, 1.165) is 10.5 Å². The van der Waals surface area contributed by atoms with E-state index in [2.05, 4.69) is 10.6 Å². The third-order valence-electron chi connectivity index (χ3n) is 5.05. The molecule has 0 bridgehead atoms. The van der Waals surface area contributed by atoms with Crippen LogP contribution in [0.5, 0.6) is 0 Å². The number of hydrogen-bond donors (Lipinski definition) is 2. The zero-order valence-electron chi connectivity index (χ0n) is 15.4. The lowest BCUT2D eigenvalue weighted by Crippen LogP contribution is -2.48. The monoisotopic (exact) mass is 369 g/mol. The average molecular weight is 369 g/mol. The van der Waals surface area contributed by atoms with Crippen LogP contribution in [0.1, 0.15) is 32.3 Å². The van der Waals surface area contributed by atoms with Gasteiger partial charge in [-0.3, -0.25) is 24.1 Å². The summed E-state index contributed by atoms with van der Waals surface area (Å²) >= 11 is 0. The van der Waals surface area contributed by atoms with Gasteiger partial charge in [-0.1, -0.05) is 24.3 Å². The summed E-state index contributed by atoms with van der Waals surface area (Å²) in [5.74, 6) is -1.69. The van der Waals surface area contributed by atoms with Gasteiger partial charge in [0.15, 0.2) is 0 Å². The van der Waals surface area contributed by atoms with Crippen molar-refractivity contribution >= 4 is 29.3 Å². The van der Waals surface area contributed by atoms with Crippen LogP contribution in [0.2, 0.25) is 0 Å². The Morgan fingerprint density at radius 3 is 2.15 bits per heavy atom. The van der Waals surface area contributed by atoms with Crippen molar-refractivity contribution < 1.29 is 19.2 Å². The first kappa shape index (κ1) is 18.8. The SMILES string of the molecule is CC(=O)Nc1ccc(CNC(=O)C(C)N2C(=O)C3CC=CCC3C2=O)cc1. The fourth-order valence-corrected chi connectivity index (χ4v) is 3.57. The third kappa shape index (κ3) is 3.92. The molecule has 0 saturated carbocycles. The highest BCUT2D eigenvalue weighted by Crippen LogP contribution is 2.36. The fourth-order valence-electron chi connectivity index (χ4n) is 3.57. The van der Waals surface area contributed by atoms with Crippen molar-refractivity contribution in [3.8, 4) is 0 Å². The first-order chi connectivity index (χ1) is 12.9. The van der Waals surface area contributed by atoms with Gasteiger partial charge in [0, 0.05) is 19.2 Å². The van der Waals surface area contributed by atoms with Crippen molar-refractivity contribution in [2.45, 2.75) is 39.3 Å². The Hall–Kier alpha value is -2.96. The standard InChI is InChI=1S/C20H23N3O4/c1-12(23-19(26)16-5-3-4-6-17(16)20(23)27)18(25)21-11-14-7-9-15(10-8-14)22-13(2)24/h3-4,7-10,12,16-17H,5-6,11H2,1-2H3,(H,21,25)(H,22,24). The van der Waals surface area contributed by atoms with Gasteiger partial charge in [0.25, 0.3) is 0 Å². The van der Waals surface area contributed by atoms with Gasteiger partial charge in [-0.2, -0.15) is 0 Å². The van der Waals surface area contributed by atoms with Crippen molar-refractivity contribution in [2.75, 3.05) is 5.32 Å². The fraction of sp³-hybridized carbons (Fsp3) is 0.400. The summed E-state index contributed by atoms with van der Waals surface area (Å²) in [5.41, 5.74) is 1.53. The second kappa shape index (κ2) is 7.73. The van der Waals surface area contributed by atoms with Crippen molar-refractivity contribution in [1.82, 2.24) is 10.2 Å². The lowest BCUT2D eigenvalue weighted by atomic mass is 9.85. The van der Waals surface area contributed by atoms with Gasteiger partial charge < -0.3 is 10.6 Å². The summed E-state index contributed by atoms with van der Waals surface area (Å²) in [6.07, 6.45) is 4.96. The Morgan fingerprint density at radius 2 is 1.63 bits per heavy atom. The van der Waals surface area contributed by atoms with Gasteiger partial charge >= 0.3 is 0 Å². The number of hydrogen-bond acceptors (Lipinski definition) is 4. The maximum Gasteiger partial charge on any atom is 0.243 e. The number of nitrogens with one attached hydrogen (secondary N) is 2. The number of carbonyl (C=O) groups excluding carboxylic acids is 4. The maximum atomic E-state index is 12.6. The number of rotatable bonds is 5. The molecule has 7 nitrogen and oxygen atoms in total. The first-order valence-electron chi connectivity index (χ1n) is 9.04. The van der Waals surface area contributed by atoms with Crippen LogP contribution >= 0.6 is 0 Å². The Balaban J connectivity index is 1.58. The van der Waals surface area contributed by atoms with Gasteiger partial charge in [0.05, 0.1) is 11.8 Å². The molecule has 1 fully saturated rings. The van der Waals surface area contributed by atoms with E-state index in [9.17, 15) is 19.2 Å². The van der Waals surface area contributed by atoms with E-state index in [1.165, 1.54) is 6.92 Å². The van der Waals surface area contributed by atoms with E-state index in [4.69, 9.17) is 0 Å². The van der Waals surface area contributed by atoms with Gasteiger partial charge in [-0.05, 0) is 37.5 Å². The van der Waals surface area contributed by atoms with E-state index < -0.39 is 6.04 Å². The van der Waals surface area contributed by atoms with Crippen LogP contribution in [0.4, 0.5) is 5.69 Å². The lowest BCUT2D eigenvalue weighted by Gasteiger charge is -2.22. The molecule has 1 aliphatic heterocycles. The molecule has 4 amide bonds. The van der Waals surface area contributed by atoms with Crippen molar-refractivity contribution in [1.29, 1.82) is 0 Å². The molecule has 2 N–H and O–H groups in total. The Morgan fingerprint density at radius 1 is 1.07 bits per heavy atom. The maximum absolute atomic E-state index is 12.6. The molecular formula is C20H23N3O4. The highest BCUT2D eigenvalue weighted by atomic mass is 16.2. The number of amides is 4. The molecule has 0 radical (unpaired) electrons.